The summed E-state index contributed by atoms with van der Waals surface area (Å²) in [5.41, 5.74) is -0.407. The maximum absolute atomic E-state index is 14.1. The van der Waals surface area contributed by atoms with Crippen LogP contribution in [0.2, 0.25) is 0 Å². The lowest BCUT2D eigenvalue weighted by molar-refractivity contribution is -0.217. The third kappa shape index (κ3) is 8.68. The predicted molar refractivity (Wildman–Crippen MR) is 164 cm³/mol. The zero-order valence-electron chi connectivity index (χ0n) is 26.7. The molecule has 2 fully saturated rings. The summed E-state index contributed by atoms with van der Waals surface area (Å²) in [7, 11) is 1.63. The highest BCUT2D eigenvalue weighted by Gasteiger charge is 2.48. The van der Waals surface area contributed by atoms with E-state index in [1.807, 2.05) is 41.3 Å². The second-order valence-electron chi connectivity index (χ2n) is 14.0. The number of carboxylic acids is 1. The van der Waals surface area contributed by atoms with E-state index in [1.54, 1.807) is 7.11 Å². The van der Waals surface area contributed by atoms with Crippen molar-refractivity contribution in [2.75, 3.05) is 26.8 Å². The molecule has 1 atom stereocenters. The Bertz CT molecular complexity index is 1220. The topological polar surface area (TPSA) is 68.2 Å². The number of rotatable bonds is 12. The highest BCUT2D eigenvalue weighted by atomic mass is 19.4. The van der Waals surface area contributed by atoms with Gasteiger partial charge in [-0.2, -0.15) is 13.2 Å². The van der Waals surface area contributed by atoms with Gasteiger partial charge in [-0.15, -0.1) is 0 Å². The van der Waals surface area contributed by atoms with Crippen LogP contribution >= 0.6 is 0 Å². The lowest BCUT2D eigenvalue weighted by atomic mass is 9.67. The maximum Gasteiger partial charge on any atom is 0.395 e. The third-order valence-corrected chi connectivity index (χ3v) is 9.49. The van der Waals surface area contributed by atoms with E-state index in [9.17, 15) is 23.1 Å². The Kier molecular flexibility index (Phi) is 10.6. The molecule has 9 heteroatoms. The van der Waals surface area contributed by atoms with E-state index in [4.69, 9.17) is 14.2 Å². The number of aliphatic carboxylic acids is 1. The summed E-state index contributed by atoms with van der Waals surface area (Å²) in [4.78, 5) is 13.2. The number of alkyl halides is 3. The Balaban J connectivity index is 1.50. The maximum atomic E-state index is 14.1. The minimum Gasteiger partial charge on any atom is -0.497 e. The van der Waals surface area contributed by atoms with E-state index in [2.05, 4.69) is 26.0 Å². The number of ether oxygens (including phenoxy) is 3. The van der Waals surface area contributed by atoms with Crippen LogP contribution in [0.5, 0.6) is 11.5 Å². The van der Waals surface area contributed by atoms with E-state index >= 15 is 0 Å². The van der Waals surface area contributed by atoms with Gasteiger partial charge in [0, 0.05) is 25.1 Å². The molecule has 1 N–H and O–H groups in total. The monoisotopic (exact) mass is 619 g/mol. The Morgan fingerprint density at radius 1 is 1.00 bits per heavy atom. The molecule has 0 radical (unpaired) electrons. The van der Waals surface area contributed by atoms with Gasteiger partial charge in [0.25, 0.3) is 0 Å². The summed E-state index contributed by atoms with van der Waals surface area (Å²) in [5, 5.41) is 9.24. The van der Waals surface area contributed by atoms with Crippen LogP contribution in [-0.4, -0.2) is 60.7 Å². The van der Waals surface area contributed by atoms with Crippen molar-refractivity contribution in [1.29, 1.82) is 0 Å². The van der Waals surface area contributed by atoms with Crippen LogP contribution in [0.25, 0.3) is 0 Å². The second-order valence-corrected chi connectivity index (χ2v) is 14.0. The second kappa shape index (κ2) is 13.7. The molecule has 44 heavy (non-hydrogen) atoms. The van der Waals surface area contributed by atoms with Gasteiger partial charge in [0.1, 0.15) is 11.5 Å². The normalized spacial score (nSPS) is 24.2. The number of nitrogens with zero attached hydrogens (tertiary/aromatic N) is 1. The van der Waals surface area contributed by atoms with Gasteiger partial charge < -0.3 is 19.3 Å². The molecule has 1 heterocycles. The van der Waals surface area contributed by atoms with Crippen molar-refractivity contribution in [2.45, 2.75) is 102 Å². The summed E-state index contributed by atoms with van der Waals surface area (Å²) >= 11 is 0. The fourth-order valence-electron chi connectivity index (χ4n) is 6.81. The van der Waals surface area contributed by atoms with E-state index in [0.29, 0.717) is 57.6 Å². The van der Waals surface area contributed by atoms with Gasteiger partial charge in [-0.25, -0.2) is 0 Å². The fourth-order valence-corrected chi connectivity index (χ4v) is 6.81. The van der Waals surface area contributed by atoms with Gasteiger partial charge in [-0.1, -0.05) is 24.3 Å². The van der Waals surface area contributed by atoms with Gasteiger partial charge in [0.15, 0.2) is 0 Å². The molecule has 0 aromatic heterocycles. The van der Waals surface area contributed by atoms with Crippen molar-refractivity contribution < 1.29 is 37.3 Å². The third-order valence-electron chi connectivity index (χ3n) is 9.49. The Labute approximate surface area is 259 Å². The predicted octanol–water partition coefficient (Wildman–Crippen LogP) is 8.03. The van der Waals surface area contributed by atoms with Gasteiger partial charge in [-0.3, -0.25) is 9.69 Å². The number of carbonyl (C=O) groups is 1. The summed E-state index contributed by atoms with van der Waals surface area (Å²) < 4.78 is 59.8. The molecule has 2 aromatic carbocycles. The van der Waals surface area contributed by atoms with Crippen LogP contribution in [0.1, 0.15) is 83.8 Å². The number of carboxylic acid groups (broad SMARTS) is 1. The van der Waals surface area contributed by atoms with Crippen molar-refractivity contribution in [3.05, 3.63) is 59.7 Å². The minimum atomic E-state index is -4.34. The summed E-state index contributed by atoms with van der Waals surface area (Å²) in [6.45, 7) is 8.04. The molecule has 1 aliphatic heterocycles. The lowest BCUT2D eigenvalue weighted by Crippen LogP contribution is -2.47. The Morgan fingerprint density at radius 2 is 1.61 bits per heavy atom. The minimum absolute atomic E-state index is 0.0293. The molecule has 0 unspecified atom stereocenters. The van der Waals surface area contributed by atoms with Crippen LogP contribution in [0.15, 0.2) is 48.5 Å². The van der Waals surface area contributed by atoms with E-state index in [-0.39, 0.29) is 29.6 Å². The lowest BCUT2D eigenvalue weighted by Gasteiger charge is -2.46. The van der Waals surface area contributed by atoms with Crippen molar-refractivity contribution in [2.24, 2.45) is 11.3 Å². The Morgan fingerprint density at radius 3 is 2.16 bits per heavy atom. The number of hydrogen-bond acceptors (Lipinski definition) is 5. The summed E-state index contributed by atoms with van der Waals surface area (Å²) in [6.07, 6.45) is 0.471. The first-order chi connectivity index (χ1) is 20.6. The highest BCUT2D eigenvalue weighted by Crippen LogP contribution is 2.45. The van der Waals surface area contributed by atoms with Gasteiger partial charge in [0.05, 0.1) is 30.1 Å². The SMILES string of the molecule is COc1ccc([C@]2(CCN(Cc3ccc(OC4CCC(C(=O)O)CC4)cc3)CC(C)(C)C(F)(F)F)CCOC(C)(C)C2)cc1. The number of hydrogen-bond donors (Lipinski definition) is 1. The summed E-state index contributed by atoms with van der Waals surface area (Å²) in [6, 6.07) is 15.6. The molecular weight excluding hydrogens is 571 g/mol. The first-order valence-electron chi connectivity index (χ1n) is 15.7. The zero-order valence-corrected chi connectivity index (χ0v) is 26.7. The molecule has 0 spiro atoms. The van der Waals surface area contributed by atoms with Crippen LogP contribution in [-0.2, 0) is 21.5 Å². The van der Waals surface area contributed by atoms with Crippen molar-refractivity contribution >= 4 is 5.97 Å². The average Bonchev–Trinajstić information content (AvgIpc) is 2.96. The molecule has 1 saturated carbocycles. The molecular formula is C35H48F3NO5. The van der Waals surface area contributed by atoms with Crippen molar-refractivity contribution in [3.8, 4) is 11.5 Å². The molecule has 2 aliphatic rings. The smallest absolute Gasteiger partial charge is 0.395 e. The van der Waals surface area contributed by atoms with Gasteiger partial charge in [-0.05, 0) is 115 Å². The van der Waals surface area contributed by atoms with Crippen molar-refractivity contribution in [3.63, 3.8) is 0 Å². The highest BCUT2D eigenvalue weighted by molar-refractivity contribution is 5.70. The molecule has 0 bridgehead atoms. The largest absolute Gasteiger partial charge is 0.497 e. The standard InChI is InChI=1S/C35H48F3NO5/c1-32(2,35(36,37)38)24-39(22-25-6-12-29(13-7-25)44-30-14-8-26(9-15-30)31(40)41)20-18-34(19-21-43-33(3,4)23-34)27-10-16-28(42-5)17-11-27/h6-7,10-13,16-17,26,30H,8-9,14-15,18-24H2,1-5H3,(H,40,41)/t26?,30?,34-/m1/s1. The molecule has 4 rings (SSSR count). The van der Waals surface area contributed by atoms with E-state index in [1.165, 1.54) is 13.8 Å². The molecule has 1 aliphatic carbocycles. The molecule has 2 aromatic rings. The number of benzene rings is 2. The Hall–Kier alpha value is -2.78. The molecule has 0 amide bonds. The van der Waals surface area contributed by atoms with Crippen LogP contribution < -0.4 is 9.47 Å². The fraction of sp³-hybridized carbons (Fsp3) is 0.629. The van der Waals surface area contributed by atoms with Gasteiger partial charge >= 0.3 is 12.1 Å². The van der Waals surface area contributed by atoms with Crippen LogP contribution in [0.4, 0.5) is 13.2 Å². The molecule has 244 valence electrons. The number of methoxy groups -OCH3 is 1. The van der Waals surface area contributed by atoms with Gasteiger partial charge in [0.2, 0.25) is 0 Å². The average molecular weight is 620 g/mol. The van der Waals surface area contributed by atoms with Crippen LogP contribution in [0, 0.1) is 11.3 Å². The first-order valence-corrected chi connectivity index (χ1v) is 15.7. The van der Waals surface area contributed by atoms with E-state index < -0.39 is 17.6 Å². The van der Waals surface area contributed by atoms with E-state index in [0.717, 1.165) is 29.7 Å². The summed E-state index contributed by atoms with van der Waals surface area (Å²) in [5.74, 6) is 0.406. The zero-order chi connectivity index (χ0) is 32.2. The first kappa shape index (κ1) is 34.1. The number of halogens is 3. The van der Waals surface area contributed by atoms with Crippen molar-refractivity contribution in [1.82, 2.24) is 4.90 Å². The van der Waals surface area contributed by atoms with Crippen LogP contribution in [0.3, 0.4) is 0 Å². The molecule has 1 saturated heterocycles. The molecule has 6 nitrogen and oxygen atoms in total. The quantitative estimate of drug-likeness (QED) is 0.260.